The molecule has 0 unspecified atom stereocenters. The zero-order valence-electron chi connectivity index (χ0n) is 34.7. The number of ether oxygens (including phenoxy) is 2. The Labute approximate surface area is 354 Å². The van der Waals surface area contributed by atoms with Crippen molar-refractivity contribution in [2.24, 2.45) is 17.8 Å². The zero-order chi connectivity index (χ0) is 45.7. The molecule has 342 valence electrons. The van der Waals surface area contributed by atoms with Gasteiger partial charge >= 0.3 is 18.4 Å². The third kappa shape index (κ3) is 9.39. The molecule has 3 heterocycles. The van der Waals surface area contributed by atoms with E-state index in [9.17, 15) is 54.3 Å². The highest BCUT2D eigenvalue weighted by molar-refractivity contribution is 7.91. The molecule has 2 aromatic rings. The molecule has 2 saturated carbocycles. The van der Waals surface area contributed by atoms with Crippen molar-refractivity contribution in [2.75, 3.05) is 13.2 Å². The fraction of sp³-hybridized carbons (Fsp3) is 0.650. The number of alkyl halides is 6. The maximum Gasteiger partial charge on any atom is 0.438 e. The first kappa shape index (κ1) is 46.6. The Morgan fingerprint density at radius 2 is 1.74 bits per heavy atom. The topological polar surface area (TPSA) is 197 Å². The monoisotopic (exact) mass is 904 g/mol. The molecule has 1 saturated heterocycles. The van der Waals surface area contributed by atoms with E-state index in [4.69, 9.17) is 9.47 Å². The Kier molecular flexibility index (Phi) is 12.8. The molecule has 6 rings (SSSR count). The van der Waals surface area contributed by atoms with E-state index in [1.54, 1.807) is 32.9 Å². The summed E-state index contributed by atoms with van der Waals surface area (Å²) in [7, 11) is -4.13. The molecule has 4 amide bonds. The van der Waals surface area contributed by atoms with Crippen LogP contribution in [0.15, 0.2) is 30.4 Å². The van der Waals surface area contributed by atoms with Crippen LogP contribution < -0.4 is 19.5 Å². The number of hydrogen-bond acceptors (Lipinski definition) is 10. The molecule has 0 bridgehead atoms. The van der Waals surface area contributed by atoms with E-state index < -0.39 is 117 Å². The van der Waals surface area contributed by atoms with Crippen LogP contribution in [0, 0.1) is 17.8 Å². The summed E-state index contributed by atoms with van der Waals surface area (Å²) in [6.07, 6.45) is -9.79. The average Bonchev–Trinajstić information content (AvgIpc) is 4.10. The maximum absolute atomic E-state index is 15.1. The van der Waals surface area contributed by atoms with Gasteiger partial charge in [0.2, 0.25) is 33.4 Å². The molecule has 3 fully saturated rings. The van der Waals surface area contributed by atoms with Crippen LogP contribution in [0.4, 0.5) is 31.1 Å². The molecular weight excluding hydrogens is 855 g/mol. The number of benzene rings is 1. The van der Waals surface area contributed by atoms with Gasteiger partial charge in [0.1, 0.15) is 35.0 Å². The number of hydrogen-bond donors (Lipinski definition) is 3. The Morgan fingerprint density at radius 3 is 2.34 bits per heavy atom. The summed E-state index contributed by atoms with van der Waals surface area (Å²) in [6.45, 7) is 5.72. The number of rotatable bonds is 10. The van der Waals surface area contributed by atoms with E-state index in [1.165, 1.54) is 18.2 Å². The minimum atomic E-state index is -5.21. The third-order valence-corrected chi connectivity index (χ3v) is 14.0. The fourth-order valence-electron chi connectivity index (χ4n) is 8.37. The van der Waals surface area contributed by atoms with Crippen molar-refractivity contribution in [1.29, 1.82) is 0 Å². The number of aromatic nitrogens is 2. The van der Waals surface area contributed by atoms with Crippen LogP contribution in [0.5, 0.6) is 11.6 Å². The molecule has 0 radical (unpaired) electrons. The maximum atomic E-state index is 15.1. The quantitative estimate of drug-likeness (QED) is 0.188. The Bertz CT molecular complexity index is 2220. The lowest BCUT2D eigenvalue weighted by Gasteiger charge is -2.46. The number of carbonyl (C=O) groups excluding carboxylic acids is 3. The predicted octanol–water partition coefficient (Wildman–Crippen LogP) is 5.97. The molecule has 22 heteroatoms. The summed E-state index contributed by atoms with van der Waals surface area (Å²) in [4.78, 5) is 65.1. The lowest BCUT2D eigenvalue weighted by Crippen LogP contribution is -2.66. The second-order valence-corrected chi connectivity index (χ2v) is 19.0. The molecule has 1 aromatic heterocycles. The molecular formula is C40H50F6N6O9S. The zero-order valence-corrected chi connectivity index (χ0v) is 35.5. The van der Waals surface area contributed by atoms with Crippen LogP contribution >= 0.6 is 0 Å². The number of carbonyl (C=O) groups is 4. The molecule has 4 aliphatic rings. The molecule has 62 heavy (non-hydrogen) atoms. The van der Waals surface area contributed by atoms with Gasteiger partial charge in [0.25, 0.3) is 5.91 Å². The number of nitrogens with one attached hydrogen (secondary N) is 2. The number of nitrogens with zero attached hydrogens (tertiary/aromatic N) is 4. The normalized spacial score (nSPS) is 27.6. The van der Waals surface area contributed by atoms with Crippen LogP contribution in [-0.4, -0.2) is 111 Å². The first-order chi connectivity index (χ1) is 28.8. The number of carboxylic acid groups (broad SMARTS) is 1. The first-order valence-corrected chi connectivity index (χ1v) is 22.0. The van der Waals surface area contributed by atoms with Gasteiger partial charge in [-0.15, -0.1) is 0 Å². The highest BCUT2D eigenvalue weighted by Gasteiger charge is 2.63. The number of halogens is 6. The Balaban J connectivity index is 1.46. The lowest BCUT2D eigenvalue weighted by molar-refractivity contribution is -0.222. The van der Waals surface area contributed by atoms with Gasteiger partial charge in [-0.3, -0.25) is 24.0 Å². The van der Waals surface area contributed by atoms with Crippen molar-refractivity contribution >= 4 is 44.9 Å². The first-order valence-electron chi connectivity index (χ1n) is 20.5. The third-order valence-electron chi connectivity index (χ3n) is 12.2. The van der Waals surface area contributed by atoms with Crippen molar-refractivity contribution < 1.29 is 68.5 Å². The van der Waals surface area contributed by atoms with Crippen LogP contribution in [0.3, 0.4) is 0 Å². The van der Waals surface area contributed by atoms with Crippen molar-refractivity contribution in [3.05, 3.63) is 36.0 Å². The summed E-state index contributed by atoms with van der Waals surface area (Å²) in [5.41, 5.74) is -6.85. The Morgan fingerprint density at radius 1 is 1.05 bits per heavy atom. The van der Waals surface area contributed by atoms with Crippen molar-refractivity contribution in [3.8, 4) is 11.6 Å². The smallest absolute Gasteiger partial charge is 0.438 e. The largest absolute Gasteiger partial charge is 0.494 e. The molecule has 7 atom stereocenters. The summed E-state index contributed by atoms with van der Waals surface area (Å²) < 4.78 is 127. The van der Waals surface area contributed by atoms with Gasteiger partial charge in [-0.1, -0.05) is 32.4 Å². The SMILES string of the molecule is CCOc1ccc2nc(C(F)(F)F)c(O[C@@H]3C[C@H]4C(=O)N[C@]5(C(=O)NS(=O)(=O)C6CC6)C[C@H]5C=CCC[C@@H](C)C[C@@H](CC)[C@H](N(C(=O)O)C(C)(C)C(F)(F)F)C(=O)N4C3)nc2c1. The van der Waals surface area contributed by atoms with E-state index in [0.717, 1.165) is 4.90 Å². The van der Waals surface area contributed by atoms with E-state index in [2.05, 4.69) is 15.3 Å². The summed E-state index contributed by atoms with van der Waals surface area (Å²) in [6, 6.07) is 0.114. The second kappa shape index (κ2) is 17.0. The number of allylic oxidation sites excluding steroid dienone is 1. The van der Waals surface area contributed by atoms with Gasteiger partial charge in [-0.2, -0.15) is 26.3 Å². The summed E-state index contributed by atoms with van der Waals surface area (Å²) in [5, 5.41) is 12.3. The van der Waals surface area contributed by atoms with E-state index in [-0.39, 0.29) is 53.5 Å². The minimum Gasteiger partial charge on any atom is -0.494 e. The highest BCUT2D eigenvalue weighted by Crippen LogP contribution is 2.47. The number of sulfonamides is 1. The molecule has 3 N–H and O–H groups in total. The van der Waals surface area contributed by atoms with E-state index in [0.29, 0.717) is 39.5 Å². The van der Waals surface area contributed by atoms with Crippen LogP contribution in [0.2, 0.25) is 0 Å². The highest BCUT2D eigenvalue weighted by atomic mass is 32.2. The Hall–Kier alpha value is -4.89. The second-order valence-electron chi connectivity index (χ2n) is 17.1. The standard InChI is InChI=1S/C40H50F6N6O9S/c1-6-22-16-21(3)10-8-9-11-23-19-38(23,35(55)50-62(58,59)26-13-14-26)49-32(53)29-18-25(20-51(29)34(54)30(22)52(36(56)57)37(4,5)40(44,45)46)61-33-31(39(41,42)43)47-27-15-12-24(60-7-2)17-28(27)48-33/h9,11-12,15,17,21-23,25-26,29-30H,6-8,10,13-14,16,18-20H2,1-5H3,(H,49,53)(H,50,55)(H,56,57)/t21-,22-,23-,25-,29+,30+,38-/m1/s1. The van der Waals surface area contributed by atoms with Gasteiger partial charge in [-0.25, -0.2) is 23.2 Å². The van der Waals surface area contributed by atoms with Gasteiger partial charge in [0, 0.05) is 18.4 Å². The fourth-order valence-corrected chi connectivity index (χ4v) is 9.73. The summed E-state index contributed by atoms with van der Waals surface area (Å²) >= 11 is 0. The van der Waals surface area contributed by atoms with Gasteiger partial charge < -0.3 is 24.8 Å². The van der Waals surface area contributed by atoms with Gasteiger partial charge in [0.05, 0.1) is 29.4 Å². The van der Waals surface area contributed by atoms with Crippen LogP contribution in [0.1, 0.15) is 91.7 Å². The van der Waals surface area contributed by atoms with Crippen molar-refractivity contribution in [3.63, 3.8) is 0 Å². The number of amides is 4. The van der Waals surface area contributed by atoms with Crippen LogP contribution in [0.25, 0.3) is 11.0 Å². The van der Waals surface area contributed by atoms with E-state index in [1.807, 2.05) is 4.72 Å². The molecule has 1 aromatic carbocycles. The van der Waals surface area contributed by atoms with Gasteiger partial charge in [0.15, 0.2) is 0 Å². The number of fused-ring (bicyclic) bond motifs is 3. The minimum absolute atomic E-state index is 0.00507. The lowest BCUT2D eigenvalue weighted by atomic mass is 9.82. The molecule has 2 aliphatic carbocycles. The van der Waals surface area contributed by atoms with Crippen molar-refractivity contribution in [2.45, 2.75) is 133 Å². The van der Waals surface area contributed by atoms with Gasteiger partial charge in [-0.05, 0) is 83.3 Å². The molecule has 0 spiro atoms. The molecule has 15 nitrogen and oxygen atoms in total. The van der Waals surface area contributed by atoms with Crippen LogP contribution in [-0.2, 0) is 30.6 Å². The van der Waals surface area contributed by atoms with Crippen molar-refractivity contribution in [1.82, 2.24) is 29.8 Å². The predicted molar refractivity (Wildman–Crippen MR) is 209 cm³/mol. The summed E-state index contributed by atoms with van der Waals surface area (Å²) in [5.74, 6) is -6.31. The van der Waals surface area contributed by atoms with E-state index >= 15 is 4.79 Å². The average molecular weight is 905 g/mol. The molecule has 2 aliphatic heterocycles.